The van der Waals surface area contributed by atoms with Gasteiger partial charge < -0.3 is 10.2 Å². The highest BCUT2D eigenvalue weighted by molar-refractivity contribution is 5.00. The molecule has 0 spiro atoms. The lowest BCUT2D eigenvalue weighted by molar-refractivity contribution is -0.0232. The molecule has 1 aliphatic rings. The standard InChI is InChI=1S/C11H22O2/c1-8(13)11(4)6-5-10(2,3)9(11)7-12/h8-9,12-13H,5-7H2,1-4H3. The lowest BCUT2D eigenvalue weighted by Crippen LogP contribution is -2.39. The summed E-state index contributed by atoms with van der Waals surface area (Å²) in [5.41, 5.74) is 0.0682. The van der Waals surface area contributed by atoms with Gasteiger partial charge in [-0.05, 0) is 36.5 Å². The van der Waals surface area contributed by atoms with Crippen LogP contribution < -0.4 is 0 Å². The molecule has 1 fully saturated rings. The van der Waals surface area contributed by atoms with E-state index >= 15 is 0 Å². The summed E-state index contributed by atoms with van der Waals surface area (Å²) >= 11 is 0. The van der Waals surface area contributed by atoms with E-state index in [1.54, 1.807) is 0 Å². The van der Waals surface area contributed by atoms with Gasteiger partial charge in [0.2, 0.25) is 0 Å². The fraction of sp³-hybridized carbons (Fsp3) is 1.00. The molecule has 1 rings (SSSR count). The first-order valence-electron chi connectivity index (χ1n) is 5.13. The molecule has 0 aromatic carbocycles. The fourth-order valence-corrected chi connectivity index (χ4v) is 2.79. The first-order chi connectivity index (χ1) is 5.84. The van der Waals surface area contributed by atoms with Gasteiger partial charge in [0, 0.05) is 6.61 Å². The van der Waals surface area contributed by atoms with Gasteiger partial charge in [-0.2, -0.15) is 0 Å². The molecule has 3 unspecified atom stereocenters. The molecule has 2 heteroatoms. The van der Waals surface area contributed by atoms with Crippen LogP contribution in [0.3, 0.4) is 0 Å². The number of rotatable bonds is 2. The molecular formula is C11H22O2. The van der Waals surface area contributed by atoms with Crippen molar-refractivity contribution in [1.29, 1.82) is 0 Å². The van der Waals surface area contributed by atoms with Crippen LogP contribution in [0, 0.1) is 16.7 Å². The first kappa shape index (κ1) is 11.0. The van der Waals surface area contributed by atoms with E-state index in [1.807, 2.05) is 6.92 Å². The van der Waals surface area contributed by atoms with Crippen molar-refractivity contribution in [2.24, 2.45) is 16.7 Å². The van der Waals surface area contributed by atoms with E-state index in [0.717, 1.165) is 12.8 Å². The van der Waals surface area contributed by atoms with E-state index in [9.17, 15) is 10.2 Å². The molecule has 0 aliphatic heterocycles. The van der Waals surface area contributed by atoms with Gasteiger partial charge in [0.1, 0.15) is 0 Å². The largest absolute Gasteiger partial charge is 0.396 e. The molecule has 0 saturated heterocycles. The second-order valence-electron chi connectivity index (χ2n) is 5.41. The number of aliphatic hydroxyl groups is 2. The maximum Gasteiger partial charge on any atom is 0.0569 e. The van der Waals surface area contributed by atoms with E-state index in [0.29, 0.717) is 0 Å². The maximum atomic E-state index is 9.73. The Kier molecular flexibility index (Phi) is 2.75. The molecule has 1 saturated carbocycles. The molecule has 0 bridgehead atoms. The highest BCUT2D eigenvalue weighted by atomic mass is 16.3. The van der Waals surface area contributed by atoms with Crippen molar-refractivity contribution in [2.45, 2.75) is 46.6 Å². The van der Waals surface area contributed by atoms with Crippen LogP contribution in [0.15, 0.2) is 0 Å². The minimum absolute atomic E-state index is 0.0990. The van der Waals surface area contributed by atoms with E-state index in [1.165, 1.54) is 0 Å². The Labute approximate surface area is 81.0 Å². The second-order valence-corrected chi connectivity index (χ2v) is 5.41. The van der Waals surface area contributed by atoms with Crippen molar-refractivity contribution in [2.75, 3.05) is 6.61 Å². The Bertz CT molecular complexity index is 187. The molecular weight excluding hydrogens is 164 g/mol. The van der Waals surface area contributed by atoms with Crippen molar-refractivity contribution in [3.63, 3.8) is 0 Å². The van der Waals surface area contributed by atoms with Gasteiger partial charge in [-0.15, -0.1) is 0 Å². The van der Waals surface area contributed by atoms with Gasteiger partial charge >= 0.3 is 0 Å². The van der Waals surface area contributed by atoms with Gasteiger partial charge in [-0.1, -0.05) is 20.8 Å². The minimum Gasteiger partial charge on any atom is -0.396 e. The highest BCUT2D eigenvalue weighted by Gasteiger charge is 2.51. The first-order valence-corrected chi connectivity index (χ1v) is 5.13. The van der Waals surface area contributed by atoms with Crippen molar-refractivity contribution in [3.8, 4) is 0 Å². The van der Waals surface area contributed by atoms with Crippen LogP contribution in [0.25, 0.3) is 0 Å². The molecule has 2 nitrogen and oxygen atoms in total. The Morgan fingerprint density at radius 1 is 1.31 bits per heavy atom. The zero-order valence-electron chi connectivity index (χ0n) is 9.17. The summed E-state index contributed by atoms with van der Waals surface area (Å²) in [5, 5.41) is 19.1. The predicted octanol–water partition coefficient (Wildman–Crippen LogP) is 1.80. The number of hydrogen-bond donors (Lipinski definition) is 2. The van der Waals surface area contributed by atoms with Gasteiger partial charge in [-0.3, -0.25) is 0 Å². The summed E-state index contributed by atoms with van der Waals surface area (Å²) in [5.74, 6) is 0.222. The Hall–Kier alpha value is -0.0800. The second kappa shape index (κ2) is 3.25. The quantitative estimate of drug-likeness (QED) is 0.690. The van der Waals surface area contributed by atoms with Crippen LogP contribution in [0.1, 0.15) is 40.5 Å². The summed E-state index contributed by atoms with van der Waals surface area (Å²) in [7, 11) is 0. The topological polar surface area (TPSA) is 40.5 Å². The SMILES string of the molecule is CC(O)C1(C)CCC(C)(C)C1CO. The lowest BCUT2D eigenvalue weighted by atomic mass is 9.69. The van der Waals surface area contributed by atoms with E-state index in [4.69, 9.17) is 0 Å². The van der Waals surface area contributed by atoms with E-state index < -0.39 is 0 Å². The third kappa shape index (κ3) is 1.62. The Balaban J connectivity index is 2.91. The van der Waals surface area contributed by atoms with Gasteiger partial charge in [-0.25, -0.2) is 0 Å². The molecule has 3 atom stereocenters. The molecule has 0 amide bonds. The zero-order valence-corrected chi connectivity index (χ0v) is 9.17. The smallest absolute Gasteiger partial charge is 0.0569 e. The van der Waals surface area contributed by atoms with Crippen molar-refractivity contribution >= 4 is 0 Å². The van der Waals surface area contributed by atoms with Gasteiger partial charge in [0.05, 0.1) is 6.10 Å². The Morgan fingerprint density at radius 3 is 2.15 bits per heavy atom. The summed E-state index contributed by atoms with van der Waals surface area (Å²) in [6.07, 6.45) is 1.79. The molecule has 2 N–H and O–H groups in total. The van der Waals surface area contributed by atoms with Crippen molar-refractivity contribution in [3.05, 3.63) is 0 Å². The summed E-state index contributed by atoms with van der Waals surface area (Å²) in [6.45, 7) is 8.48. The predicted molar refractivity (Wildman–Crippen MR) is 53.4 cm³/mol. The minimum atomic E-state index is -0.327. The average molecular weight is 186 g/mol. The van der Waals surface area contributed by atoms with E-state index in [2.05, 4.69) is 20.8 Å². The van der Waals surface area contributed by atoms with Crippen molar-refractivity contribution < 1.29 is 10.2 Å². The van der Waals surface area contributed by atoms with Crippen LogP contribution in [0.5, 0.6) is 0 Å². The third-order valence-corrected chi connectivity index (χ3v) is 4.18. The molecule has 13 heavy (non-hydrogen) atoms. The average Bonchev–Trinajstić information content (AvgIpc) is 2.24. The van der Waals surface area contributed by atoms with Gasteiger partial charge in [0.25, 0.3) is 0 Å². The lowest BCUT2D eigenvalue weighted by Gasteiger charge is -2.38. The normalized spacial score (nSPS) is 40.6. The van der Waals surface area contributed by atoms with Crippen LogP contribution in [-0.2, 0) is 0 Å². The van der Waals surface area contributed by atoms with Gasteiger partial charge in [0.15, 0.2) is 0 Å². The number of aliphatic hydroxyl groups excluding tert-OH is 2. The molecule has 0 aromatic rings. The molecule has 0 aromatic heterocycles. The number of hydrogen-bond acceptors (Lipinski definition) is 2. The third-order valence-electron chi connectivity index (χ3n) is 4.18. The fourth-order valence-electron chi connectivity index (χ4n) is 2.79. The molecule has 78 valence electrons. The van der Waals surface area contributed by atoms with E-state index in [-0.39, 0.29) is 29.5 Å². The maximum absolute atomic E-state index is 9.73. The highest BCUT2D eigenvalue weighted by Crippen LogP contribution is 2.55. The van der Waals surface area contributed by atoms with Crippen LogP contribution in [-0.4, -0.2) is 22.9 Å². The van der Waals surface area contributed by atoms with Crippen LogP contribution >= 0.6 is 0 Å². The molecule has 1 aliphatic carbocycles. The Morgan fingerprint density at radius 2 is 1.85 bits per heavy atom. The zero-order chi connectivity index (χ0) is 10.3. The summed E-state index contributed by atoms with van der Waals surface area (Å²) in [6, 6.07) is 0. The summed E-state index contributed by atoms with van der Waals surface area (Å²) < 4.78 is 0. The molecule has 0 radical (unpaired) electrons. The monoisotopic (exact) mass is 186 g/mol. The van der Waals surface area contributed by atoms with Crippen LogP contribution in [0.2, 0.25) is 0 Å². The molecule has 0 heterocycles. The summed E-state index contributed by atoms with van der Waals surface area (Å²) in [4.78, 5) is 0. The van der Waals surface area contributed by atoms with Crippen LogP contribution in [0.4, 0.5) is 0 Å². The van der Waals surface area contributed by atoms with Crippen molar-refractivity contribution in [1.82, 2.24) is 0 Å².